The highest BCUT2D eigenvalue weighted by Crippen LogP contribution is 2.34. The summed E-state index contributed by atoms with van der Waals surface area (Å²) in [6, 6.07) is 6.17. The number of benzene rings is 1. The van der Waals surface area contributed by atoms with Crippen LogP contribution in [-0.2, 0) is 30.2 Å². The molecule has 0 amide bonds. The van der Waals surface area contributed by atoms with E-state index in [2.05, 4.69) is 15.0 Å². The normalized spacial score (nSPS) is 19.2. The quantitative estimate of drug-likeness (QED) is 0.255. The lowest BCUT2D eigenvalue weighted by atomic mass is 10.1. The number of anilines is 1. The van der Waals surface area contributed by atoms with Gasteiger partial charge >= 0.3 is 11.9 Å². The number of nitro benzene ring substituents is 1. The van der Waals surface area contributed by atoms with Gasteiger partial charge in [0.15, 0.2) is 11.2 Å². The van der Waals surface area contributed by atoms with Gasteiger partial charge < -0.3 is 24.7 Å². The van der Waals surface area contributed by atoms with E-state index in [1.54, 1.807) is 16.7 Å². The molecule has 1 aromatic carbocycles. The maximum atomic E-state index is 11.5. The molecule has 1 aliphatic rings. The molecule has 1 fully saturated rings. The molecule has 36 heavy (non-hydrogen) atoms. The minimum Gasteiger partial charge on any atom is -0.476 e. The van der Waals surface area contributed by atoms with E-state index >= 15 is 0 Å². The van der Waals surface area contributed by atoms with Crippen molar-refractivity contribution in [2.45, 2.75) is 45.1 Å². The first-order valence-corrected chi connectivity index (χ1v) is 11.0. The number of fused-ring (bicyclic) bond motifs is 1. The monoisotopic (exact) mass is 500 g/mol. The molecule has 2 N–H and O–H groups in total. The van der Waals surface area contributed by atoms with Crippen molar-refractivity contribution in [3.05, 3.63) is 46.3 Å². The molecule has 2 aromatic heterocycles. The number of hydrogen-bond acceptors (Lipinski definition) is 12. The molecule has 1 unspecified atom stereocenters. The van der Waals surface area contributed by atoms with Crippen molar-refractivity contribution in [1.82, 2.24) is 19.5 Å². The number of aromatic nitrogens is 4. The molecule has 3 heterocycles. The molecule has 0 radical (unpaired) electrons. The van der Waals surface area contributed by atoms with Crippen LogP contribution in [0.5, 0.6) is 5.88 Å². The zero-order valence-corrected chi connectivity index (χ0v) is 19.5. The molecule has 0 aliphatic carbocycles. The van der Waals surface area contributed by atoms with E-state index in [0.29, 0.717) is 17.6 Å². The number of esters is 2. The Morgan fingerprint density at radius 1 is 1.22 bits per heavy atom. The third-order valence-corrected chi connectivity index (χ3v) is 5.44. The van der Waals surface area contributed by atoms with Crippen LogP contribution in [0, 0.1) is 10.1 Å². The summed E-state index contributed by atoms with van der Waals surface area (Å²) in [5.41, 5.74) is 7.47. The van der Waals surface area contributed by atoms with E-state index in [4.69, 9.17) is 24.7 Å². The van der Waals surface area contributed by atoms with Crippen LogP contribution in [0.2, 0.25) is 0 Å². The highest BCUT2D eigenvalue weighted by atomic mass is 16.6. The number of ether oxygens (including phenoxy) is 4. The van der Waals surface area contributed by atoms with Gasteiger partial charge in [0.25, 0.3) is 5.69 Å². The number of nitro groups is 1. The Bertz CT molecular complexity index is 1280. The standard InChI is InChI=1S/C22H24N6O8/c1-12(29)34-10-17-16(35-13(2)30)9-18(36-17)27-11-24-19-20(27)25-22(23)26-21(19)33-8-7-14-3-5-15(6-4-14)28(31)32/h3-6,11,16-18H,7-10H2,1-2H3,(H2,23,25,26)/t16?,17-,18-/m1/s1. The van der Waals surface area contributed by atoms with Gasteiger partial charge in [0.1, 0.15) is 25.0 Å². The fourth-order valence-electron chi connectivity index (χ4n) is 3.83. The van der Waals surface area contributed by atoms with E-state index in [9.17, 15) is 19.7 Å². The fourth-order valence-corrected chi connectivity index (χ4v) is 3.83. The van der Waals surface area contributed by atoms with Gasteiger partial charge in [-0.3, -0.25) is 24.3 Å². The highest BCUT2D eigenvalue weighted by Gasteiger charge is 2.40. The average molecular weight is 500 g/mol. The maximum Gasteiger partial charge on any atom is 0.303 e. The number of nitrogens with zero attached hydrogens (tertiary/aromatic N) is 5. The number of carbonyl (C=O) groups excluding carboxylic acids is 2. The molecule has 3 aromatic rings. The Labute approximate surface area is 204 Å². The van der Waals surface area contributed by atoms with Crippen LogP contribution in [0.4, 0.5) is 11.6 Å². The second-order valence-corrected chi connectivity index (χ2v) is 8.05. The van der Waals surface area contributed by atoms with Crippen LogP contribution >= 0.6 is 0 Å². The molecule has 0 saturated carbocycles. The zero-order valence-electron chi connectivity index (χ0n) is 19.5. The molecule has 14 heteroatoms. The smallest absolute Gasteiger partial charge is 0.303 e. The number of nitrogen functional groups attached to an aromatic ring is 1. The van der Waals surface area contributed by atoms with Crippen LogP contribution in [0.1, 0.15) is 32.1 Å². The average Bonchev–Trinajstić information content (AvgIpc) is 3.41. The molecule has 4 rings (SSSR count). The van der Waals surface area contributed by atoms with E-state index in [1.807, 2.05) is 0 Å². The first-order chi connectivity index (χ1) is 17.2. The Hall–Kier alpha value is -4.33. The number of carbonyl (C=O) groups is 2. The Morgan fingerprint density at radius 3 is 2.64 bits per heavy atom. The van der Waals surface area contributed by atoms with Gasteiger partial charge in [-0.1, -0.05) is 12.1 Å². The van der Waals surface area contributed by atoms with E-state index in [-0.39, 0.29) is 37.2 Å². The summed E-state index contributed by atoms with van der Waals surface area (Å²) in [4.78, 5) is 45.9. The zero-order chi connectivity index (χ0) is 25.8. The van der Waals surface area contributed by atoms with Crippen LogP contribution < -0.4 is 10.5 Å². The summed E-state index contributed by atoms with van der Waals surface area (Å²) in [6.45, 7) is 2.70. The number of nitrogens with two attached hydrogens (primary N) is 1. The lowest BCUT2D eigenvalue weighted by Gasteiger charge is -2.17. The largest absolute Gasteiger partial charge is 0.476 e. The van der Waals surface area contributed by atoms with Crippen LogP contribution in [0.3, 0.4) is 0 Å². The molecule has 0 bridgehead atoms. The van der Waals surface area contributed by atoms with Gasteiger partial charge in [-0.15, -0.1) is 0 Å². The predicted molar refractivity (Wildman–Crippen MR) is 123 cm³/mol. The number of rotatable bonds is 9. The number of imidazole rings is 1. The third-order valence-electron chi connectivity index (χ3n) is 5.44. The maximum absolute atomic E-state index is 11.5. The lowest BCUT2D eigenvalue weighted by Crippen LogP contribution is -2.31. The Balaban J connectivity index is 1.49. The van der Waals surface area contributed by atoms with E-state index in [0.717, 1.165) is 5.56 Å². The molecule has 0 spiro atoms. The van der Waals surface area contributed by atoms with Crippen LogP contribution in [0.25, 0.3) is 11.2 Å². The molecule has 190 valence electrons. The second kappa shape index (κ2) is 10.5. The Morgan fingerprint density at radius 2 is 1.97 bits per heavy atom. The molecular formula is C22H24N6O8. The molecule has 1 aliphatic heterocycles. The summed E-state index contributed by atoms with van der Waals surface area (Å²) >= 11 is 0. The number of non-ortho nitro benzene ring substituents is 1. The van der Waals surface area contributed by atoms with Gasteiger partial charge in [0.2, 0.25) is 11.8 Å². The first kappa shape index (κ1) is 24.8. The van der Waals surface area contributed by atoms with E-state index < -0.39 is 35.3 Å². The van der Waals surface area contributed by atoms with Gasteiger partial charge in [-0.2, -0.15) is 9.97 Å². The first-order valence-electron chi connectivity index (χ1n) is 11.0. The van der Waals surface area contributed by atoms with Crippen molar-refractivity contribution in [3.63, 3.8) is 0 Å². The third kappa shape index (κ3) is 5.66. The Kier molecular flexibility index (Phi) is 7.24. The summed E-state index contributed by atoms with van der Waals surface area (Å²) in [5.74, 6) is -0.833. The molecule has 1 saturated heterocycles. The minimum atomic E-state index is -0.670. The predicted octanol–water partition coefficient (Wildman–Crippen LogP) is 1.72. The second-order valence-electron chi connectivity index (χ2n) is 8.05. The van der Waals surface area contributed by atoms with Gasteiger partial charge in [0, 0.05) is 38.8 Å². The lowest BCUT2D eigenvalue weighted by molar-refractivity contribution is -0.384. The number of hydrogen-bond donors (Lipinski definition) is 1. The molecular weight excluding hydrogens is 476 g/mol. The summed E-state index contributed by atoms with van der Waals surface area (Å²) < 4.78 is 23.8. The van der Waals surface area contributed by atoms with Gasteiger partial charge in [0.05, 0.1) is 17.9 Å². The SMILES string of the molecule is CC(=O)OC[C@H]1O[C@@H](n2cnc3c(OCCc4ccc([N+](=O)[O-])cc4)nc(N)nc32)CC1OC(C)=O. The van der Waals surface area contributed by atoms with Crippen molar-refractivity contribution >= 4 is 34.7 Å². The van der Waals surface area contributed by atoms with Crippen LogP contribution in [0.15, 0.2) is 30.6 Å². The topological polar surface area (TPSA) is 184 Å². The highest BCUT2D eigenvalue weighted by molar-refractivity contribution is 5.77. The fraction of sp³-hybridized carbons (Fsp3) is 0.409. The summed E-state index contributed by atoms with van der Waals surface area (Å²) in [6.07, 6.45) is 0.306. The summed E-state index contributed by atoms with van der Waals surface area (Å²) in [5, 5.41) is 10.8. The summed E-state index contributed by atoms with van der Waals surface area (Å²) in [7, 11) is 0. The minimum absolute atomic E-state index is 0.00987. The van der Waals surface area contributed by atoms with Crippen molar-refractivity contribution < 1.29 is 33.5 Å². The van der Waals surface area contributed by atoms with Gasteiger partial charge in [-0.25, -0.2) is 4.98 Å². The van der Waals surface area contributed by atoms with Gasteiger partial charge in [-0.05, 0) is 5.56 Å². The van der Waals surface area contributed by atoms with E-state index in [1.165, 1.54) is 32.3 Å². The van der Waals surface area contributed by atoms with Crippen molar-refractivity contribution in [2.24, 2.45) is 0 Å². The van der Waals surface area contributed by atoms with Crippen LogP contribution in [-0.4, -0.2) is 61.8 Å². The van der Waals surface area contributed by atoms with Crippen molar-refractivity contribution in [3.8, 4) is 5.88 Å². The molecule has 14 nitrogen and oxygen atoms in total. The van der Waals surface area contributed by atoms with Crippen molar-refractivity contribution in [2.75, 3.05) is 18.9 Å². The van der Waals surface area contributed by atoms with Crippen molar-refractivity contribution in [1.29, 1.82) is 0 Å². The molecule has 3 atom stereocenters.